The molecule has 3 nitrogen and oxygen atoms in total. The second kappa shape index (κ2) is 3.87. The van der Waals surface area contributed by atoms with E-state index in [2.05, 4.69) is 4.98 Å². The molecule has 0 atom stereocenters. The van der Waals surface area contributed by atoms with Gasteiger partial charge in [0.05, 0.1) is 12.1 Å². The van der Waals surface area contributed by atoms with E-state index in [0.29, 0.717) is 10.7 Å². The number of benzene rings is 1. The topological polar surface area (TPSA) is 50.2 Å². The Morgan fingerprint density at radius 1 is 1.40 bits per heavy atom. The second-order valence-electron chi connectivity index (χ2n) is 3.19. The summed E-state index contributed by atoms with van der Waals surface area (Å²) in [6.07, 6.45) is 1.52. The molecule has 0 saturated carbocycles. The number of pyridine rings is 1. The van der Waals surface area contributed by atoms with Crippen LogP contribution in [0.15, 0.2) is 30.5 Å². The fourth-order valence-corrected chi connectivity index (χ4v) is 1.66. The predicted octanol–water partition coefficient (Wildman–Crippen LogP) is 2.52. The van der Waals surface area contributed by atoms with E-state index < -0.39 is 5.97 Å². The molecule has 1 N–H and O–H groups in total. The first kappa shape index (κ1) is 9.93. The summed E-state index contributed by atoms with van der Waals surface area (Å²) in [7, 11) is 0. The average molecular weight is 222 g/mol. The Morgan fingerprint density at radius 2 is 2.20 bits per heavy atom. The number of halogens is 1. The van der Waals surface area contributed by atoms with Crippen LogP contribution in [0.3, 0.4) is 0 Å². The van der Waals surface area contributed by atoms with Crippen molar-refractivity contribution in [3.8, 4) is 0 Å². The highest BCUT2D eigenvalue weighted by Gasteiger charge is 2.06. The maximum absolute atomic E-state index is 10.6. The molecule has 0 unspecified atom stereocenters. The number of fused-ring (bicyclic) bond motifs is 1. The summed E-state index contributed by atoms with van der Waals surface area (Å²) >= 11 is 5.85. The van der Waals surface area contributed by atoms with Gasteiger partial charge in [-0.05, 0) is 23.6 Å². The van der Waals surface area contributed by atoms with Gasteiger partial charge < -0.3 is 5.11 Å². The highest BCUT2D eigenvalue weighted by molar-refractivity contribution is 6.31. The Balaban J connectivity index is 2.63. The van der Waals surface area contributed by atoms with Gasteiger partial charge in [-0.15, -0.1) is 0 Å². The van der Waals surface area contributed by atoms with Gasteiger partial charge in [0.15, 0.2) is 0 Å². The van der Waals surface area contributed by atoms with Crippen LogP contribution < -0.4 is 0 Å². The molecule has 0 spiro atoms. The van der Waals surface area contributed by atoms with E-state index in [-0.39, 0.29) is 6.42 Å². The number of carboxylic acids is 1. The van der Waals surface area contributed by atoms with Gasteiger partial charge in [-0.3, -0.25) is 9.78 Å². The summed E-state index contributed by atoms with van der Waals surface area (Å²) < 4.78 is 0. The number of carbonyl (C=O) groups is 1. The minimum absolute atomic E-state index is 0.0856. The lowest BCUT2D eigenvalue weighted by Crippen LogP contribution is -2.02. The molecule has 0 bridgehead atoms. The molecule has 15 heavy (non-hydrogen) atoms. The van der Waals surface area contributed by atoms with E-state index >= 15 is 0 Å². The van der Waals surface area contributed by atoms with Crippen molar-refractivity contribution in [3.63, 3.8) is 0 Å². The zero-order chi connectivity index (χ0) is 10.8. The van der Waals surface area contributed by atoms with Crippen molar-refractivity contribution in [2.24, 2.45) is 0 Å². The fraction of sp³-hybridized carbons (Fsp3) is 0.0909. The molecule has 0 aliphatic carbocycles. The normalized spacial score (nSPS) is 10.5. The number of aromatic nitrogens is 1. The van der Waals surface area contributed by atoms with Crippen molar-refractivity contribution in [3.05, 3.63) is 41.2 Å². The molecular weight excluding hydrogens is 214 g/mol. The van der Waals surface area contributed by atoms with E-state index in [0.717, 1.165) is 10.8 Å². The second-order valence-corrected chi connectivity index (χ2v) is 3.63. The standard InChI is InChI=1S/C11H8ClNO2/c12-8-2-1-7-3-4-13-10(6-11(14)15)9(7)5-8/h1-5H,6H2,(H,14,15). The monoisotopic (exact) mass is 221 g/mol. The van der Waals surface area contributed by atoms with E-state index in [1.54, 1.807) is 18.3 Å². The molecule has 4 heteroatoms. The Hall–Kier alpha value is -1.61. The summed E-state index contributed by atoms with van der Waals surface area (Å²) in [6, 6.07) is 7.19. The fourth-order valence-electron chi connectivity index (χ4n) is 1.48. The largest absolute Gasteiger partial charge is 0.481 e. The minimum atomic E-state index is -0.894. The smallest absolute Gasteiger partial charge is 0.309 e. The SMILES string of the molecule is O=C(O)Cc1nccc2ccc(Cl)cc12. The summed E-state index contributed by atoms with van der Waals surface area (Å²) in [6.45, 7) is 0. The van der Waals surface area contributed by atoms with Crippen molar-refractivity contribution in [2.75, 3.05) is 0 Å². The highest BCUT2D eigenvalue weighted by Crippen LogP contribution is 2.21. The average Bonchev–Trinajstić information content (AvgIpc) is 2.18. The van der Waals surface area contributed by atoms with Gasteiger partial charge >= 0.3 is 5.97 Å². The first-order valence-electron chi connectivity index (χ1n) is 4.42. The van der Waals surface area contributed by atoms with Crippen LogP contribution in [-0.2, 0) is 11.2 Å². The maximum atomic E-state index is 10.6. The van der Waals surface area contributed by atoms with Gasteiger partial charge in [-0.2, -0.15) is 0 Å². The van der Waals surface area contributed by atoms with E-state index in [4.69, 9.17) is 16.7 Å². The van der Waals surface area contributed by atoms with Crippen LogP contribution in [0, 0.1) is 0 Å². The Morgan fingerprint density at radius 3 is 2.93 bits per heavy atom. The number of hydrogen-bond acceptors (Lipinski definition) is 2. The third-order valence-corrected chi connectivity index (χ3v) is 2.36. The molecule has 1 aromatic heterocycles. The summed E-state index contributed by atoms with van der Waals surface area (Å²) in [4.78, 5) is 14.7. The molecule has 0 fully saturated rings. The van der Waals surface area contributed by atoms with Gasteiger partial charge in [-0.1, -0.05) is 17.7 Å². The van der Waals surface area contributed by atoms with Crippen LogP contribution in [-0.4, -0.2) is 16.1 Å². The molecule has 2 rings (SSSR count). The molecule has 1 aromatic carbocycles. The minimum Gasteiger partial charge on any atom is -0.481 e. The molecule has 0 amide bonds. The number of aliphatic carboxylic acids is 1. The lowest BCUT2D eigenvalue weighted by molar-refractivity contribution is -0.136. The number of nitrogens with zero attached hydrogens (tertiary/aromatic N) is 1. The Bertz CT molecular complexity index is 525. The predicted molar refractivity (Wildman–Crippen MR) is 58.1 cm³/mol. The molecule has 76 valence electrons. The van der Waals surface area contributed by atoms with Gasteiger partial charge in [-0.25, -0.2) is 0 Å². The van der Waals surface area contributed by atoms with Gasteiger partial charge in [0, 0.05) is 16.6 Å². The molecule has 1 heterocycles. The van der Waals surface area contributed by atoms with Gasteiger partial charge in [0.1, 0.15) is 0 Å². The first-order chi connectivity index (χ1) is 7.16. The summed E-state index contributed by atoms with van der Waals surface area (Å²) in [5.74, 6) is -0.894. The van der Waals surface area contributed by atoms with E-state index in [1.807, 2.05) is 12.1 Å². The van der Waals surface area contributed by atoms with Crippen LogP contribution in [0.2, 0.25) is 5.02 Å². The van der Waals surface area contributed by atoms with Gasteiger partial charge in [0.2, 0.25) is 0 Å². The first-order valence-corrected chi connectivity index (χ1v) is 4.79. The molecule has 0 aliphatic heterocycles. The third kappa shape index (κ3) is 2.07. The number of carboxylic acid groups (broad SMARTS) is 1. The lowest BCUT2D eigenvalue weighted by Gasteiger charge is -2.03. The lowest BCUT2D eigenvalue weighted by atomic mass is 10.1. The van der Waals surface area contributed by atoms with Crippen LogP contribution in [0.25, 0.3) is 10.8 Å². The Kier molecular flexibility index (Phi) is 2.56. The number of hydrogen-bond donors (Lipinski definition) is 1. The molecular formula is C11H8ClNO2. The van der Waals surface area contributed by atoms with Crippen molar-refractivity contribution >= 4 is 28.3 Å². The van der Waals surface area contributed by atoms with Crippen LogP contribution in [0.1, 0.15) is 5.69 Å². The third-order valence-electron chi connectivity index (χ3n) is 2.13. The van der Waals surface area contributed by atoms with Crippen LogP contribution in [0.4, 0.5) is 0 Å². The summed E-state index contributed by atoms with van der Waals surface area (Å²) in [5.41, 5.74) is 0.544. The van der Waals surface area contributed by atoms with Crippen molar-refractivity contribution in [1.29, 1.82) is 0 Å². The van der Waals surface area contributed by atoms with E-state index in [9.17, 15) is 4.79 Å². The number of rotatable bonds is 2. The molecule has 0 saturated heterocycles. The van der Waals surface area contributed by atoms with Crippen molar-refractivity contribution in [1.82, 2.24) is 4.98 Å². The summed E-state index contributed by atoms with van der Waals surface area (Å²) in [5, 5.41) is 11.1. The quantitative estimate of drug-likeness (QED) is 0.848. The zero-order valence-corrected chi connectivity index (χ0v) is 8.53. The van der Waals surface area contributed by atoms with Crippen LogP contribution >= 0.6 is 11.6 Å². The van der Waals surface area contributed by atoms with Gasteiger partial charge in [0.25, 0.3) is 0 Å². The maximum Gasteiger partial charge on any atom is 0.309 e. The van der Waals surface area contributed by atoms with Crippen molar-refractivity contribution in [2.45, 2.75) is 6.42 Å². The van der Waals surface area contributed by atoms with E-state index in [1.165, 1.54) is 0 Å². The van der Waals surface area contributed by atoms with Crippen molar-refractivity contribution < 1.29 is 9.90 Å². The molecule has 0 aliphatic rings. The zero-order valence-electron chi connectivity index (χ0n) is 7.77. The Labute approximate surface area is 91.3 Å². The highest BCUT2D eigenvalue weighted by atomic mass is 35.5. The molecule has 0 radical (unpaired) electrons. The van der Waals surface area contributed by atoms with Crippen LogP contribution in [0.5, 0.6) is 0 Å². The molecule has 2 aromatic rings.